The van der Waals surface area contributed by atoms with E-state index in [2.05, 4.69) is 0 Å². The van der Waals surface area contributed by atoms with Crippen LogP contribution in [0.3, 0.4) is 0 Å². The fourth-order valence-corrected chi connectivity index (χ4v) is 4.12. The molecule has 0 saturated carbocycles. The molecular formula is C17H24O9S. The molecule has 2 bridgehead atoms. The first-order valence-electron chi connectivity index (χ1n) is 8.44. The molecule has 10 heteroatoms. The molecule has 2 aliphatic rings. The summed E-state index contributed by atoms with van der Waals surface area (Å²) in [5.41, 5.74) is 0.941. The Morgan fingerprint density at radius 1 is 1.00 bits per heavy atom. The third-order valence-corrected chi connectivity index (χ3v) is 5.65. The number of rotatable bonds is 9. The van der Waals surface area contributed by atoms with Crippen LogP contribution in [0, 0.1) is 6.92 Å². The van der Waals surface area contributed by atoms with Gasteiger partial charge in [0.15, 0.2) is 6.29 Å². The minimum Gasteiger partial charge on any atom is -0.359 e. The van der Waals surface area contributed by atoms with Gasteiger partial charge in [0.05, 0.1) is 11.5 Å². The summed E-state index contributed by atoms with van der Waals surface area (Å²) in [4.78, 5) is 0.0500. The van der Waals surface area contributed by atoms with Crippen molar-refractivity contribution in [2.24, 2.45) is 0 Å². The van der Waals surface area contributed by atoms with Gasteiger partial charge in [-0.2, -0.15) is 8.42 Å². The second-order valence-electron chi connectivity index (χ2n) is 6.28. The fraction of sp³-hybridized carbons (Fsp3) is 0.647. The first-order chi connectivity index (χ1) is 13.0. The molecule has 0 aromatic heterocycles. The molecule has 2 heterocycles. The van der Waals surface area contributed by atoms with Crippen LogP contribution in [0.5, 0.6) is 0 Å². The van der Waals surface area contributed by atoms with Crippen molar-refractivity contribution in [1.29, 1.82) is 0 Å². The van der Waals surface area contributed by atoms with Crippen molar-refractivity contribution >= 4 is 10.1 Å². The molecule has 152 valence electrons. The molecule has 0 aliphatic carbocycles. The summed E-state index contributed by atoms with van der Waals surface area (Å²) in [6.45, 7) is 1.93. The number of ether oxygens (including phenoxy) is 6. The summed E-state index contributed by atoms with van der Waals surface area (Å²) in [5.74, 6) is 0. The third-order valence-electron chi connectivity index (χ3n) is 4.32. The highest BCUT2D eigenvalue weighted by molar-refractivity contribution is 7.86. The summed E-state index contributed by atoms with van der Waals surface area (Å²) in [7, 11) is -1.10. The van der Waals surface area contributed by atoms with Gasteiger partial charge in [-0.3, -0.25) is 4.18 Å². The van der Waals surface area contributed by atoms with E-state index in [9.17, 15) is 8.42 Å². The molecule has 1 unspecified atom stereocenters. The Labute approximate surface area is 158 Å². The molecule has 2 saturated heterocycles. The van der Waals surface area contributed by atoms with Crippen molar-refractivity contribution in [3.8, 4) is 0 Å². The molecule has 0 N–H and O–H groups in total. The van der Waals surface area contributed by atoms with Crippen LogP contribution in [-0.4, -0.2) is 73.5 Å². The highest BCUT2D eigenvalue weighted by atomic mass is 32.2. The summed E-state index contributed by atoms with van der Waals surface area (Å²) in [6.07, 6.45) is -3.80. The van der Waals surface area contributed by atoms with Crippen molar-refractivity contribution in [3.05, 3.63) is 29.8 Å². The molecule has 5 atom stereocenters. The predicted octanol–water partition coefficient (Wildman–Crippen LogP) is 0.802. The maximum atomic E-state index is 12.8. The summed E-state index contributed by atoms with van der Waals surface area (Å²) in [6, 6.07) is 6.38. The van der Waals surface area contributed by atoms with Gasteiger partial charge in [0.1, 0.15) is 38.0 Å². The van der Waals surface area contributed by atoms with Gasteiger partial charge < -0.3 is 28.4 Å². The molecule has 1 aromatic rings. The predicted molar refractivity (Wildman–Crippen MR) is 91.3 cm³/mol. The Morgan fingerprint density at radius 3 is 2.26 bits per heavy atom. The van der Waals surface area contributed by atoms with E-state index < -0.39 is 40.8 Å². The zero-order valence-electron chi connectivity index (χ0n) is 15.4. The van der Waals surface area contributed by atoms with E-state index in [0.29, 0.717) is 0 Å². The number of fused-ring (bicyclic) bond motifs is 2. The Balaban J connectivity index is 1.84. The Hall–Kier alpha value is -1.11. The lowest BCUT2D eigenvalue weighted by Crippen LogP contribution is -2.57. The van der Waals surface area contributed by atoms with Gasteiger partial charge in [0.2, 0.25) is 0 Å². The van der Waals surface area contributed by atoms with Gasteiger partial charge in [0.25, 0.3) is 10.1 Å². The number of hydrogen-bond acceptors (Lipinski definition) is 9. The lowest BCUT2D eigenvalue weighted by molar-refractivity contribution is -0.274. The van der Waals surface area contributed by atoms with Gasteiger partial charge in [-0.1, -0.05) is 17.7 Å². The Kier molecular flexibility index (Phi) is 6.82. The van der Waals surface area contributed by atoms with Crippen LogP contribution in [-0.2, 0) is 42.7 Å². The second kappa shape index (κ2) is 8.93. The summed E-state index contributed by atoms with van der Waals surface area (Å²) >= 11 is 0. The first-order valence-corrected chi connectivity index (χ1v) is 9.85. The van der Waals surface area contributed by atoms with Gasteiger partial charge in [-0.25, -0.2) is 0 Å². The zero-order chi connectivity index (χ0) is 19.4. The zero-order valence-corrected chi connectivity index (χ0v) is 16.2. The van der Waals surface area contributed by atoms with Crippen molar-refractivity contribution in [2.45, 2.75) is 42.5 Å². The number of methoxy groups -OCH3 is 2. The Morgan fingerprint density at radius 2 is 1.63 bits per heavy atom. The van der Waals surface area contributed by atoms with Crippen molar-refractivity contribution < 1.29 is 41.0 Å². The maximum Gasteiger partial charge on any atom is 0.297 e. The van der Waals surface area contributed by atoms with Gasteiger partial charge in [-0.15, -0.1) is 0 Å². The van der Waals surface area contributed by atoms with Crippen molar-refractivity contribution in [2.75, 3.05) is 34.4 Å². The Bertz CT molecular complexity index is 706. The fourth-order valence-electron chi connectivity index (χ4n) is 3.02. The van der Waals surface area contributed by atoms with Gasteiger partial charge in [-0.05, 0) is 19.1 Å². The number of benzene rings is 1. The SMILES string of the molecule is COCO[C@H]1[C@H](OS(=O)(=O)c2ccc(C)cc2)[C@H]2COC(O2)[C@@H]1OCOC. The monoisotopic (exact) mass is 404 g/mol. The average molecular weight is 404 g/mol. The molecule has 2 fully saturated rings. The van der Waals surface area contributed by atoms with E-state index in [0.717, 1.165) is 5.56 Å². The number of hydrogen-bond donors (Lipinski definition) is 0. The average Bonchev–Trinajstić information content (AvgIpc) is 3.08. The molecule has 9 nitrogen and oxygen atoms in total. The largest absolute Gasteiger partial charge is 0.359 e. The van der Waals surface area contributed by atoms with Crippen LogP contribution < -0.4 is 0 Å². The highest BCUT2D eigenvalue weighted by Crippen LogP contribution is 2.35. The normalized spacial score (nSPS) is 30.6. The van der Waals surface area contributed by atoms with E-state index in [1.165, 1.54) is 26.4 Å². The smallest absolute Gasteiger partial charge is 0.297 e. The van der Waals surface area contributed by atoms with Crippen molar-refractivity contribution in [3.63, 3.8) is 0 Å². The number of aryl methyl sites for hydroxylation is 1. The molecule has 2 aliphatic heterocycles. The van der Waals surface area contributed by atoms with E-state index in [4.69, 9.17) is 32.6 Å². The van der Waals surface area contributed by atoms with Crippen LogP contribution in [0.25, 0.3) is 0 Å². The standard InChI is InChI=1S/C17H24O9S/c1-11-4-6-12(7-5-11)27(18,19)26-14-13-8-22-17(25-13)16(24-10-21-3)15(14)23-9-20-2/h4-7,13-17H,8-10H2,1-3H3/t13-,14-,15+,16-,17?/m1/s1. The van der Waals surface area contributed by atoms with Crippen LogP contribution in [0.2, 0.25) is 0 Å². The van der Waals surface area contributed by atoms with Gasteiger partial charge in [0, 0.05) is 14.2 Å². The summed E-state index contributed by atoms with van der Waals surface area (Å²) < 4.78 is 63.5. The highest BCUT2D eigenvalue weighted by Gasteiger charge is 2.54. The summed E-state index contributed by atoms with van der Waals surface area (Å²) in [5, 5.41) is 0. The maximum absolute atomic E-state index is 12.8. The minimum absolute atomic E-state index is 0.0389. The lowest BCUT2D eigenvalue weighted by atomic mass is 10.0. The minimum atomic E-state index is -4.05. The molecular weight excluding hydrogens is 380 g/mol. The molecule has 0 spiro atoms. The topological polar surface area (TPSA) is 98.8 Å². The van der Waals surface area contributed by atoms with Gasteiger partial charge >= 0.3 is 0 Å². The lowest BCUT2D eigenvalue weighted by Gasteiger charge is -2.39. The molecule has 3 rings (SSSR count). The van der Waals surface area contributed by atoms with Crippen LogP contribution in [0.4, 0.5) is 0 Å². The molecule has 1 aromatic carbocycles. The second-order valence-corrected chi connectivity index (χ2v) is 7.85. The first kappa shape index (κ1) is 20.6. The quantitative estimate of drug-likeness (QED) is 0.437. The van der Waals surface area contributed by atoms with E-state index >= 15 is 0 Å². The van der Waals surface area contributed by atoms with E-state index in [1.807, 2.05) is 6.92 Å². The molecule has 0 radical (unpaired) electrons. The van der Waals surface area contributed by atoms with E-state index in [1.54, 1.807) is 12.1 Å². The van der Waals surface area contributed by atoms with Crippen LogP contribution >= 0.6 is 0 Å². The van der Waals surface area contributed by atoms with Crippen LogP contribution in [0.15, 0.2) is 29.2 Å². The molecule has 27 heavy (non-hydrogen) atoms. The van der Waals surface area contributed by atoms with Crippen molar-refractivity contribution in [1.82, 2.24) is 0 Å². The van der Waals surface area contributed by atoms with E-state index in [-0.39, 0.29) is 25.1 Å². The van der Waals surface area contributed by atoms with Crippen LogP contribution in [0.1, 0.15) is 5.56 Å². The third kappa shape index (κ3) is 4.66. The molecule has 0 amide bonds.